The molecule has 0 saturated carbocycles. The zero-order valence-corrected chi connectivity index (χ0v) is 11.8. The van der Waals surface area contributed by atoms with Gasteiger partial charge in [0.1, 0.15) is 0 Å². The summed E-state index contributed by atoms with van der Waals surface area (Å²) in [6.45, 7) is -0.251. The summed E-state index contributed by atoms with van der Waals surface area (Å²) < 4.78 is 4.88. The van der Waals surface area contributed by atoms with Crippen LogP contribution in [0.25, 0.3) is 0 Å². The first-order valence-electron chi connectivity index (χ1n) is 6.47. The molecule has 0 unspecified atom stereocenters. The van der Waals surface area contributed by atoms with Crippen LogP contribution >= 0.6 is 0 Å². The standard InChI is InChI=1S/C14H12N4O5/c19-12(9-15-14(20)10-4-2-1-3-5-10)17-16-8-11-6-7-13(23-11)18(21)22/h1-8H,9H2,(H2-,15,17,19,20,21,22)/p+1/b16-8+. The van der Waals surface area contributed by atoms with Gasteiger partial charge in [-0.15, -0.1) is 0 Å². The number of hydrogen-bond donors (Lipinski definition) is 3. The zero-order valence-electron chi connectivity index (χ0n) is 11.8. The van der Waals surface area contributed by atoms with Crippen molar-refractivity contribution in [2.24, 2.45) is 5.10 Å². The Hall–Kier alpha value is -3.49. The van der Waals surface area contributed by atoms with Gasteiger partial charge in [-0.3, -0.25) is 9.59 Å². The van der Waals surface area contributed by atoms with Gasteiger partial charge in [0, 0.05) is 5.56 Å². The number of nitrogens with one attached hydrogen (secondary N) is 2. The van der Waals surface area contributed by atoms with Crippen molar-refractivity contribution in [3.05, 3.63) is 58.7 Å². The molecule has 0 spiro atoms. The summed E-state index contributed by atoms with van der Waals surface area (Å²) in [7, 11) is 0. The summed E-state index contributed by atoms with van der Waals surface area (Å²) in [5.74, 6) is -1.07. The Morgan fingerprint density at radius 3 is 2.61 bits per heavy atom. The second kappa shape index (κ2) is 7.50. The van der Waals surface area contributed by atoms with E-state index in [-0.39, 0.29) is 24.1 Å². The van der Waals surface area contributed by atoms with Gasteiger partial charge >= 0.3 is 5.88 Å². The van der Waals surface area contributed by atoms with Crippen LogP contribution in [0.1, 0.15) is 16.1 Å². The second-order valence-corrected chi connectivity index (χ2v) is 4.29. The van der Waals surface area contributed by atoms with Gasteiger partial charge in [0.2, 0.25) is 0 Å². The Morgan fingerprint density at radius 2 is 1.96 bits per heavy atom. The predicted octanol–water partition coefficient (Wildman–Crippen LogP) is 0.959. The fourth-order valence-electron chi connectivity index (χ4n) is 1.57. The molecular weight excluding hydrogens is 304 g/mol. The average Bonchev–Trinajstić information content (AvgIpc) is 3.02. The molecule has 118 valence electrons. The highest BCUT2D eigenvalue weighted by molar-refractivity contribution is 5.96. The van der Waals surface area contributed by atoms with Crippen LogP contribution in [0.15, 0.2) is 52.0 Å². The molecule has 1 heterocycles. The summed E-state index contributed by atoms with van der Waals surface area (Å²) in [5, 5.41) is 14.6. The quantitative estimate of drug-likeness (QED) is 0.540. The molecule has 0 aliphatic carbocycles. The van der Waals surface area contributed by atoms with Gasteiger partial charge in [-0.2, -0.15) is 5.10 Å². The van der Waals surface area contributed by atoms with E-state index >= 15 is 0 Å². The molecule has 23 heavy (non-hydrogen) atoms. The maximum absolute atomic E-state index is 11.7. The number of furan rings is 1. The topological polar surface area (TPSA) is 124 Å². The van der Waals surface area contributed by atoms with E-state index in [1.54, 1.807) is 30.3 Å². The number of benzene rings is 1. The number of amides is 2. The number of carbonyl (C=O) groups is 2. The SMILES string of the molecule is O=C(CNC(=O)c1ccccc1)N/N=C/c1ccc([N+](=O)O)o1. The fraction of sp³-hybridized carbons (Fsp3) is 0.0714. The van der Waals surface area contributed by atoms with Crippen LogP contribution in [0.5, 0.6) is 0 Å². The average molecular weight is 317 g/mol. The molecule has 9 heteroatoms. The molecule has 2 rings (SSSR count). The Kier molecular flexibility index (Phi) is 5.18. The molecule has 0 aliphatic rings. The van der Waals surface area contributed by atoms with Gasteiger partial charge in [-0.1, -0.05) is 18.2 Å². The fourth-order valence-corrected chi connectivity index (χ4v) is 1.57. The number of hydrazone groups is 1. The predicted molar refractivity (Wildman–Crippen MR) is 78.3 cm³/mol. The van der Waals surface area contributed by atoms with Crippen molar-refractivity contribution in [1.29, 1.82) is 0 Å². The summed E-state index contributed by atoms with van der Waals surface area (Å²) in [6.07, 6.45) is 1.14. The maximum Gasteiger partial charge on any atom is 0.480 e. The molecule has 9 nitrogen and oxygen atoms in total. The van der Waals surface area contributed by atoms with Gasteiger partial charge in [-0.05, 0) is 18.2 Å². The van der Waals surface area contributed by atoms with E-state index in [0.29, 0.717) is 5.56 Å². The van der Waals surface area contributed by atoms with Gasteiger partial charge in [0.15, 0.2) is 5.76 Å². The van der Waals surface area contributed by atoms with Crippen molar-refractivity contribution in [2.45, 2.75) is 0 Å². The molecule has 1 aromatic carbocycles. The number of carbonyl (C=O) groups excluding carboxylic acids is 2. The molecule has 0 atom stereocenters. The first-order chi connectivity index (χ1) is 11.1. The van der Waals surface area contributed by atoms with Gasteiger partial charge in [0.05, 0.1) is 23.7 Å². The van der Waals surface area contributed by atoms with E-state index in [0.717, 1.165) is 6.21 Å². The first kappa shape index (κ1) is 15.9. The highest BCUT2D eigenvalue weighted by atomic mass is 16.6. The monoisotopic (exact) mass is 317 g/mol. The lowest BCUT2D eigenvalue weighted by atomic mass is 10.2. The minimum absolute atomic E-state index is 0.156. The minimum Gasteiger partial charge on any atom is -0.397 e. The van der Waals surface area contributed by atoms with Crippen LogP contribution in [0, 0.1) is 4.91 Å². The van der Waals surface area contributed by atoms with Crippen molar-refractivity contribution in [3.63, 3.8) is 0 Å². The van der Waals surface area contributed by atoms with E-state index < -0.39 is 10.8 Å². The largest absolute Gasteiger partial charge is 0.480 e. The van der Waals surface area contributed by atoms with Gasteiger partial charge in [-0.25, -0.2) is 10.6 Å². The van der Waals surface area contributed by atoms with E-state index in [1.165, 1.54) is 12.1 Å². The lowest BCUT2D eigenvalue weighted by Gasteiger charge is -2.03. The van der Waals surface area contributed by atoms with Crippen molar-refractivity contribution in [3.8, 4) is 0 Å². The number of nitrogens with zero attached hydrogens (tertiary/aromatic N) is 2. The number of hydrogen-bond acceptors (Lipinski definition) is 5. The first-order valence-corrected chi connectivity index (χ1v) is 6.47. The zero-order chi connectivity index (χ0) is 16.7. The Bertz CT molecular complexity index is 739. The summed E-state index contributed by atoms with van der Waals surface area (Å²) in [4.78, 5) is 33.3. The maximum atomic E-state index is 11.7. The highest BCUT2D eigenvalue weighted by Gasteiger charge is 2.16. The van der Waals surface area contributed by atoms with Crippen molar-refractivity contribution >= 4 is 23.9 Å². The van der Waals surface area contributed by atoms with E-state index in [2.05, 4.69) is 15.8 Å². The third kappa shape index (κ3) is 4.77. The van der Waals surface area contributed by atoms with Gasteiger partial charge < -0.3 is 9.73 Å². The third-order valence-electron chi connectivity index (χ3n) is 2.63. The van der Waals surface area contributed by atoms with Crippen LogP contribution in [-0.4, -0.2) is 34.7 Å². The molecule has 0 fully saturated rings. The van der Waals surface area contributed by atoms with Crippen molar-refractivity contribution < 1.29 is 24.1 Å². The normalized spacial score (nSPS) is 10.4. The molecule has 0 bridgehead atoms. The highest BCUT2D eigenvalue weighted by Crippen LogP contribution is 2.12. The lowest BCUT2D eigenvalue weighted by molar-refractivity contribution is -0.737. The molecular formula is C14H13N4O5+. The molecule has 0 radical (unpaired) electrons. The number of rotatable bonds is 6. The molecule has 1 aromatic heterocycles. The van der Waals surface area contributed by atoms with E-state index in [9.17, 15) is 14.5 Å². The minimum atomic E-state index is -0.537. The van der Waals surface area contributed by atoms with Crippen LogP contribution in [0.2, 0.25) is 0 Å². The Balaban J connectivity index is 1.77. The summed E-state index contributed by atoms with van der Waals surface area (Å²) >= 11 is 0. The van der Waals surface area contributed by atoms with Crippen LogP contribution in [0.3, 0.4) is 0 Å². The smallest absolute Gasteiger partial charge is 0.397 e. The van der Waals surface area contributed by atoms with E-state index in [1.807, 2.05) is 0 Å². The lowest BCUT2D eigenvalue weighted by Crippen LogP contribution is -2.34. The Morgan fingerprint density at radius 1 is 1.22 bits per heavy atom. The molecule has 2 aromatic rings. The molecule has 0 aliphatic heterocycles. The van der Waals surface area contributed by atoms with Crippen LogP contribution in [0.4, 0.5) is 5.88 Å². The Labute approximate surface area is 130 Å². The molecule has 3 N–H and O–H groups in total. The summed E-state index contributed by atoms with van der Waals surface area (Å²) in [5.41, 5.74) is 2.62. The van der Waals surface area contributed by atoms with Crippen LogP contribution < -0.4 is 10.7 Å². The van der Waals surface area contributed by atoms with Crippen LogP contribution in [-0.2, 0) is 4.79 Å². The van der Waals surface area contributed by atoms with Crippen molar-refractivity contribution in [1.82, 2.24) is 10.7 Å². The third-order valence-corrected chi connectivity index (χ3v) is 2.63. The summed E-state index contributed by atoms with van der Waals surface area (Å²) in [6, 6.07) is 11.1. The molecule has 0 saturated heterocycles. The van der Waals surface area contributed by atoms with E-state index in [4.69, 9.17) is 9.62 Å². The second-order valence-electron chi connectivity index (χ2n) is 4.29. The molecule has 2 amide bonds. The van der Waals surface area contributed by atoms with Crippen molar-refractivity contribution in [2.75, 3.05) is 6.54 Å². The van der Waals surface area contributed by atoms with Gasteiger partial charge in [0.25, 0.3) is 16.7 Å².